The number of H-pyrrole nitrogens is 1. The standard InChI is InChI=1S/C21H25ClN4O/c1-2-16(27)6-4-3-5-7-17(23)21-24-13-19(26-21)15-8-10-18-14(12-15)9-11-20(22)25-18/h8-13,17H,2-7,23H2,1H3,(H,24,26)/t17-/m0/s1. The summed E-state index contributed by atoms with van der Waals surface area (Å²) in [4.78, 5) is 23.4. The summed E-state index contributed by atoms with van der Waals surface area (Å²) in [5.74, 6) is 1.13. The summed E-state index contributed by atoms with van der Waals surface area (Å²) < 4.78 is 0. The van der Waals surface area contributed by atoms with Crippen LogP contribution in [0.3, 0.4) is 0 Å². The number of rotatable bonds is 9. The minimum Gasteiger partial charge on any atom is -0.341 e. The normalized spacial score (nSPS) is 12.4. The maximum Gasteiger partial charge on any atom is 0.132 e. The van der Waals surface area contributed by atoms with E-state index in [1.807, 2.05) is 31.3 Å². The molecule has 0 radical (unpaired) electrons. The first kappa shape index (κ1) is 19.5. The zero-order valence-corrected chi connectivity index (χ0v) is 16.3. The van der Waals surface area contributed by atoms with E-state index in [0.29, 0.717) is 23.8 Å². The number of aromatic amines is 1. The molecule has 0 saturated carbocycles. The van der Waals surface area contributed by atoms with Crippen molar-refractivity contribution < 1.29 is 4.79 Å². The fourth-order valence-corrected chi connectivity index (χ4v) is 3.27. The van der Waals surface area contributed by atoms with Crippen LogP contribution in [-0.4, -0.2) is 20.7 Å². The maximum absolute atomic E-state index is 11.3. The number of hydrogen-bond donors (Lipinski definition) is 2. The van der Waals surface area contributed by atoms with Gasteiger partial charge in [0.2, 0.25) is 0 Å². The zero-order chi connectivity index (χ0) is 19.2. The Morgan fingerprint density at radius 2 is 2.07 bits per heavy atom. The predicted molar refractivity (Wildman–Crippen MR) is 110 cm³/mol. The van der Waals surface area contributed by atoms with Gasteiger partial charge in [-0.2, -0.15) is 0 Å². The molecular weight excluding hydrogens is 360 g/mol. The maximum atomic E-state index is 11.3. The van der Waals surface area contributed by atoms with Gasteiger partial charge in [-0.3, -0.25) is 4.79 Å². The number of benzene rings is 1. The summed E-state index contributed by atoms with van der Waals surface area (Å²) in [6.07, 6.45) is 6.94. The lowest BCUT2D eigenvalue weighted by atomic mass is 10.1. The predicted octanol–water partition coefficient (Wildman–Crippen LogP) is 5.21. The minimum absolute atomic E-state index is 0.124. The Morgan fingerprint density at radius 1 is 1.22 bits per heavy atom. The Kier molecular flexibility index (Phi) is 6.58. The summed E-state index contributed by atoms with van der Waals surface area (Å²) in [6.45, 7) is 1.91. The van der Waals surface area contributed by atoms with Gasteiger partial charge in [0.05, 0.1) is 23.4 Å². The van der Waals surface area contributed by atoms with Gasteiger partial charge in [0.1, 0.15) is 16.8 Å². The minimum atomic E-state index is -0.124. The van der Waals surface area contributed by atoms with E-state index in [0.717, 1.165) is 53.7 Å². The highest BCUT2D eigenvalue weighted by atomic mass is 35.5. The number of carbonyl (C=O) groups is 1. The fourth-order valence-electron chi connectivity index (χ4n) is 3.12. The molecule has 142 valence electrons. The number of nitrogens with two attached hydrogens (primary N) is 1. The fraction of sp³-hybridized carbons (Fsp3) is 0.381. The number of carbonyl (C=O) groups excluding carboxylic acids is 1. The van der Waals surface area contributed by atoms with Crippen LogP contribution in [0.4, 0.5) is 0 Å². The smallest absolute Gasteiger partial charge is 0.132 e. The highest BCUT2D eigenvalue weighted by molar-refractivity contribution is 6.29. The summed E-state index contributed by atoms with van der Waals surface area (Å²) in [7, 11) is 0. The van der Waals surface area contributed by atoms with Crippen LogP contribution >= 0.6 is 11.6 Å². The Hall–Kier alpha value is -2.24. The molecule has 1 aromatic carbocycles. The molecule has 0 bridgehead atoms. The average molecular weight is 385 g/mol. The van der Waals surface area contributed by atoms with Crippen molar-refractivity contribution in [1.29, 1.82) is 0 Å². The number of pyridine rings is 1. The van der Waals surface area contributed by atoms with E-state index in [4.69, 9.17) is 17.3 Å². The van der Waals surface area contributed by atoms with Crippen molar-refractivity contribution in [2.24, 2.45) is 5.73 Å². The van der Waals surface area contributed by atoms with Crippen LogP contribution in [0.2, 0.25) is 5.15 Å². The highest BCUT2D eigenvalue weighted by Crippen LogP contribution is 2.25. The molecule has 3 N–H and O–H groups in total. The van der Waals surface area contributed by atoms with Crippen molar-refractivity contribution in [3.05, 3.63) is 47.5 Å². The van der Waals surface area contributed by atoms with Crippen molar-refractivity contribution in [2.75, 3.05) is 0 Å². The molecule has 3 rings (SSSR count). The third kappa shape index (κ3) is 5.15. The van der Waals surface area contributed by atoms with Gasteiger partial charge in [0.15, 0.2) is 0 Å². The Balaban J connectivity index is 1.59. The van der Waals surface area contributed by atoms with Crippen LogP contribution < -0.4 is 5.73 Å². The molecule has 1 atom stereocenters. The second kappa shape index (κ2) is 9.11. The van der Waals surface area contributed by atoms with Crippen LogP contribution in [0.1, 0.15) is 57.3 Å². The van der Waals surface area contributed by atoms with Gasteiger partial charge < -0.3 is 10.7 Å². The van der Waals surface area contributed by atoms with E-state index in [-0.39, 0.29) is 6.04 Å². The molecule has 2 aromatic heterocycles. The molecule has 5 nitrogen and oxygen atoms in total. The van der Waals surface area contributed by atoms with E-state index >= 15 is 0 Å². The van der Waals surface area contributed by atoms with Crippen molar-refractivity contribution >= 4 is 28.3 Å². The lowest BCUT2D eigenvalue weighted by Gasteiger charge is -2.08. The first-order chi connectivity index (χ1) is 13.1. The van der Waals surface area contributed by atoms with E-state index in [2.05, 4.69) is 21.0 Å². The number of halogens is 1. The van der Waals surface area contributed by atoms with Gasteiger partial charge in [0.25, 0.3) is 0 Å². The monoisotopic (exact) mass is 384 g/mol. The molecule has 0 fully saturated rings. The Bertz CT molecular complexity index is 921. The first-order valence-electron chi connectivity index (χ1n) is 9.45. The number of Topliss-reactive ketones (excluding diaryl/α,β-unsaturated/α-hetero) is 1. The lowest BCUT2D eigenvalue weighted by molar-refractivity contribution is -0.118. The molecule has 2 heterocycles. The molecule has 6 heteroatoms. The molecule has 0 aliphatic carbocycles. The molecule has 0 spiro atoms. The summed E-state index contributed by atoms with van der Waals surface area (Å²) >= 11 is 5.94. The second-order valence-electron chi connectivity index (χ2n) is 6.82. The van der Waals surface area contributed by atoms with Crippen molar-refractivity contribution in [3.63, 3.8) is 0 Å². The number of hydrogen-bond acceptors (Lipinski definition) is 4. The first-order valence-corrected chi connectivity index (χ1v) is 9.83. The molecule has 3 aromatic rings. The second-order valence-corrected chi connectivity index (χ2v) is 7.21. The SMILES string of the molecule is CCC(=O)CCCCC[C@H](N)c1ncc(-c2ccc3nc(Cl)ccc3c2)[nH]1. The van der Waals surface area contributed by atoms with E-state index < -0.39 is 0 Å². The lowest BCUT2D eigenvalue weighted by Crippen LogP contribution is -2.12. The van der Waals surface area contributed by atoms with Crippen molar-refractivity contribution in [1.82, 2.24) is 15.0 Å². The number of aromatic nitrogens is 3. The Labute approximate surface area is 164 Å². The largest absolute Gasteiger partial charge is 0.341 e. The number of ketones is 1. The van der Waals surface area contributed by atoms with E-state index in [9.17, 15) is 4.79 Å². The van der Waals surface area contributed by atoms with Gasteiger partial charge in [-0.15, -0.1) is 0 Å². The number of unbranched alkanes of at least 4 members (excludes halogenated alkanes) is 2. The molecule has 0 saturated heterocycles. The third-order valence-corrected chi connectivity index (χ3v) is 4.99. The van der Waals surface area contributed by atoms with Crippen LogP contribution in [0, 0.1) is 0 Å². The van der Waals surface area contributed by atoms with Gasteiger partial charge in [-0.1, -0.05) is 37.4 Å². The third-order valence-electron chi connectivity index (χ3n) is 4.78. The summed E-state index contributed by atoms with van der Waals surface area (Å²) in [5, 5.41) is 1.52. The van der Waals surface area contributed by atoms with E-state index in [1.54, 1.807) is 6.07 Å². The van der Waals surface area contributed by atoms with Gasteiger partial charge >= 0.3 is 0 Å². The quantitative estimate of drug-likeness (QED) is 0.392. The van der Waals surface area contributed by atoms with Crippen LogP contribution in [0.25, 0.3) is 22.2 Å². The highest BCUT2D eigenvalue weighted by Gasteiger charge is 2.11. The molecule has 27 heavy (non-hydrogen) atoms. The van der Waals surface area contributed by atoms with Crippen molar-refractivity contribution in [2.45, 2.75) is 51.5 Å². The average Bonchev–Trinajstić information content (AvgIpc) is 3.17. The molecule has 0 amide bonds. The number of fused-ring (bicyclic) bond motifs is 1. The van der Waals surface area contributed by atoms with Crippen LogP contribution in [-0.2, 0) is 4.79 Å². The summed E-state index contributed by atoms with van der Waals surface area (Å²) in [6, 6.07) is 9.64. The molecular formula is C21H25ClN4O. The zero-order valence-electron chi connectivity index (χ0n) is 15.5. The molecule has 0 aliphatic rings. The molecule has 0 aliphatic heterocycles. The topological polar surface area (TPSA) is 84.7 Å². The molecule has 0 unspecified atom stereocenters. The van der Waals surface area contributed by atoms with Crippen molar-refractivity contribution in [3.8, 4) is 11.3 Å². The van der Waals surface area contributed by atoms with Crippen LogP contribution in [0.5, 0.6) is 0 Å². The van der Waals surface area contributed by atoms with E-state index in [1.165, 1.54) is 0 Å². The van der Waals surface area contributed by atoms with Gasteiger partial charge in [0, 0.05) is 23.8 Å². The van der Waals surface area contributed by atoms with Crippen LogP contribution in [0.15, 0.2) is 36.5 Å². The van der Waals surface area contributed by atoms with Gasteiger partial charge in [-0.05, 0) is 37.1 Å². The number of nitrogens with zero attached hydrogens (tertiary/aromatic N) is 2. The summed E-state index contributed by atoms with van der Waals surface area (Å²) in [5.41, 5.74) is 9.12. The number of imidazole rings is 1. The van der Waals surface area contributed by atoms with Gasteiger partial charge in [-0.25, -0.2) is 9.97 Å². The number of nitrogens with one attached hydrogen (secondary N) is 1. The Morgan fingerprint density at radius 3 is 2.89 bits per heavy atom.